The maximum atomic E-state index is 12.3. The van der Waals surface area contributed by atoms with E-state index < -0.39 is 0 Å². The van der Waals surface area contributed by atoms with Crippen molar-refractivity contribution in [1.82, 2.24) is 10.2 Å². The van der Waals surface area contributed by atoms with Crippen LogP contribution in [0.1, 0.15) is 54.1 Å². The Hall–Kier alpha value is -1.84. The summed E-state index contributed by atoms with van der Waals surface area (Å²) in [6.07, 6.45) is 4.48. The predicted octanol–water partition coefficient (Wildman–Crippen LogP) is 3.07. The second-order valence-corrected chi connectivity index (χ2v) is 6.98. The molecule has 1 saturated carbocycles. The lowest BCUT2D eigenvalue weighted by atomic mass is 9.87. The van der Waals surface area contributed by atoms with Crippen LogP contribution in [-0.2, 0) is 4.79 Å². The van der Waals surface area contributed by atoms with Gasteiger partial charge in [-0.15, -0.1) is 0 Å². The van der Waals surface area contributed by atoms with Crippen molar-refractivity contribution < 1.29 is 9.59 Å². The third kappa shape index (κ3) is 4.81. The molecule has 1 aromatic rings. The van der Waals surface area contributed by atoms with Gasteiger partial charge >= 0.3 is 0 Å². The molecule has 0 unspecified atom stereocenters. The molecule has 23 heavy (non-hydrogen) atoms. The minimum atomic E-state index is -0.184. The zero-order valence-corrected chi connectivity index (χ0v) is 14.7. The Morgan fingerprint density at radius 2 is 1.65 bits per heavy atom. The Labute approximate surface area is 139 Å². The molecule has 1 aromatic carbocycles. The molecule has 0 aliphatic heterocycles. The average molecular weight is 316 g/mol. The fraction of sp³-hybridized carbons (Fsp3) is 0.579. The van der Waals surface area contributed by atoms with Crippen LogP contribution in [0.15, 0.2) is 18.2 Å². The summed E-state index contributed by atoms with van der Waals surface area (Å²) < 4.78 is 0. The lowest BCUT2D eigenvalue weighted by Gasteiger charge is -2.33. The molecule has 0 aromatic heterocycles. The lowest BCUT2D eigenvalue weighted by Crippen LogP contribution is -2.44. The number of rotatable bonds is 4. The van der Waals surface area contributed by atoms with E-state index in [4.69, 9.17) is 0 Å². The van der Waals surface area contributed by atoms with Gasteiger partial charge < -0.3 is 10.2 Å². The third-order valence-electron chi connectivity index (χ3n) is 4.81. The monoisotopic (exact) mass is 316 g/mol. The quantitative estimate of drug-likeness (QED) is 0.928. The molecular weight excluding hydrogens is 288 g/mol. The van der Waals surface area contributed by atoms with E-state index >= 15 is 0 Å². The van der Waals surface area contributed by atoms with Gasteiger partial charge in [-0.05, 0) is 57.6 Å². The molecule has 1 aliphatic rings. The minimum absolute atomic E-state index is 0.0118. The number of aryl methyl sites for hydroxylation is 2. The van der Waals surface area contributed by atoms with Crippen molar-refractivity contribution in [1.29, 1.82) is 0 Å². The summed E-state index contributed by atoms with van der Waals surface area (Å²) in [5.74, 6) is 0.567. The number of carbonyl (C=O) groups is 2. The number of likely N-dealkylation sites (N-methyl/N-ethyl adjacent to an activating group) is 1. The fourth-order valence-electron chi connectivity index (χ4n) is 3.32. The summed E-state index contributed by atoms with van der Waals surface area (Å²) in [5, 5.41) is 2.75. The smallest absolute Gasteiger partial charge is 0.251 e. The highest BCUT2D eigenvalue weighted by Gasteiger charge is 2.24. The van der Waals surface area contributed by atoms with Gasteiger partial charge in [-0.1, -0.05) is 24.1 Å². The van der Waals surface area contributed by atoms with Crippen molar-refractivity contribution in [3.05, 3.63) is 34.9 Å². The zero-order chi connectivity index (χ0) is 17.0. The van der Waals surface area contributed by atoms with Gasteiger partial charge in [-0.2, -0.15) is 0 Å². The Kier molecular flexibility index (Phi) is 5.80. The van der Waals surface area contributed by atoms with Crippen LogP contribution in [0.2, 0.25) is 0 Å². The summed E-state index contributed by atoms with van der Waals surface area (Å²) in [6.45, 7) is 6.26. The van der Waals surface area contributed by atoms with Crippen molar-refractivity contribution >= 4 is 11.8 Å². The molecule has 4 heteroatoms. The second kappa shape index (κ2) is 7.62. The van der Waals surface area contributed by atoms with Crippen LogP contribution in [0.25, 0.3) is 0 Å². The van der Waals surface area contributed by atoms with E-state index in [1.807, 2.05) is 44.0 Å². The van der Waals surface area contributed by atoms with Crippen LogP contribution in [0.5, 0.6) is 0 Å². The summed E-state index contributed by atoms with van der Waals surface area (Å²) in [7, 11) is 1.85. The molecule has 0 bridgehead atoms. The first-order valence-electron chi connectivity index (χ1n) is 8.49. The maximum absolute atomic E-state index is 12.3. The van der Waals surface area contributed by atoms with Crippen LogP contribution >= 0.6 is 0 Å². The molecule has 0 radical (unpaired) electrons. The van der Waals surface area contributed by atoms with Gasteiger partial charge in [0.1, 0.15) is 0 Å². The molecule has 2 amide bonds. The van der Waals surface area contributed by atoms with E-state index in [1.165, 1.54) is 12.8 Å². The number of carbonyl (C=O) groups excluding carboxylic acids is 2. The lowest BCUT2D eigenvalue weighted by molar-refractivity contribution is -0.131. The van der Waals surface area contributed by atoms with E-state index in [1.54, 1.807) is 0 Å². The standard InChI is InChI=1S/C19H28N2O2/c1-13-5-7-17(8-6-13)21(4)18(22)12-20-19(23)16-10-14(2)9-15(3)11-16/h9-11,13,17H,5-8,12H2,1-4H3,(H,20,23). The number of nitrogens with one attached hydrogen (secondary N) is 1. The molecule has 1 fully saturated rings. The summed E-state index contributed by atoms with van der Waals surface area (Å²) in [4.78, 5) is 26.3. The highest BCUT2D eigenvalue weighted by atomic mass is 16.2. The molecular formula is C19H28N2O2. The Morgan fingerprint density at radius 1 is 1.09 bits per heavy atom. The van der Waals surface area contributed by atoms with Crippen LogP contribution < -0.4 is 5.32 Å². The van der Waals surface area contributed by atoms with Crippen molar-refractivity contribution in [3.63, 3.8) is 0 Å². The number of hydrogen-bond donors (Lipinski definition) is 1. The minimum Gasteiger partial charge on any atom is -0.343 e. The maximum Gasteiger partial charge on any atom is 0.251 e. The van der Waals surface area contributed by atoms with Gasteiger partial charge in [0.2, 0.25) is 5.91 Å². The Bertz CT molecular complexity index is 554. The van der Waals surface area contributed by atoms with Crippen molar-refractivity contribution in [3.8, 4) is 0 Å². The topological polar surface area (TPSA) is 49.4 Å². The molecule has 4 nitrogen and oxygen atoms in total. The first kappa shape index (κ1) is 17.5. The van der Waals surface area contributed by atoms with Gasteiger partial charge in [0, 0.05) is 18.7 Å². The van der Waals surface area contributed by atoms with E-state index in [0.29, 0.717) is 11.6 Å². The SMILES string of the molecule is Cc1cc(C)cc(C(=O)NCC(=O)N(C)C2CCC(C)CC2)c1. The molecule has 0 spiro atoms. The first-order valence-corrected chi connectivity index (χ1v) is 8.49. The van der Waals surface area contributed by atoms with Crippen molar-refractivity contribution in [2.45, 2.75) is 52.5 Å². The molecule has 2 rings (SSSR count). The first-order chi connectivity index (χ1) is 10.9. The van der Waals surface area contributed by atoms with Crippen LogP contribution in [0.4, 0.5) is 0 Å². The second-order valence-electron chi connectivity index (χ2n) is 6.98. The molecule has 126 valence electrons. The molecule has 1 N–H and O–H groups in total. The van der Waals surface area contributed by atoms with Crippen LogP contribution in [0.3, 0.4) is 0 Å². The number of benzene rings is 1. The Balaban J connectivity index is 1.87. The highest BCUT2D eigenvalue weighted by Crippen LogP contribution is 2.26. The van der Waals surface area contributed by atoms with Gasteiger partial charge in [-0.25, -0.2) is 0 Å². The number of nitrogens with zero attached hydrogens (tertiary/aromatic N) is 1. The highest BCUT2D eigenvalue weighted by molar-refractivity contribution is 5.96. The number of amides is 2. The van der Waals surface area contributed by atoms with Gasteiger partial charge in [0.15, 0.2) is 0 Å². The average Bonchev–Trinajstić information content (AvgIpc) is 2.51. The van der Waals surface area contributed by atoms with E-state index in [-0.39, 0.29) is 18.4 Å². The Morgan fingerprint density at radius 3 is 2.22 bits per heavy atom. The molecule has 0 heterocycles. The van der Waals surface area contributed by atoms with Gasteiger partial charge in [0.25, 0.3) is 5.91 Å². The molecule has 1 aliphatic carbocycles. The molecule has 0 atom stereocenters. The largest absolute Gasteiger partial charge is 0.343 e. The van der Waals surface area contributed by atoms with Crippen molar-refractivity contribution in [2.75, 3.05) is 13.6 Å². The van der Waals surface area contributed by atoms with E-state index in [0.717, 1.165) is 29.9 Å². The van der Waals surface area contributed by atoms with Gasteiger partial charge in [0.05, 0.1) is 6.54 Å². The third-order valence-corrected chi connectivity index (χ3v) is 4.81. The van der Waals surface area contributed by atoms with E-state index in [2.05, 4.69) is 12.2 Å². The van der Waals surface area contributed by atoms with Crippen molar-refractivity contribution in [2.24, 2.45) is 5.92 Å². The summed E-state index contributed by atoms with van der Waals surface area (Å²) in [5.41, 5.74) is 2.72. The van der Waals surface area contributed by atoms with Crippen LogP contribution in [0, 0.1) is 19.8 Å². The molecule has 0 saturated heterocycles. The number of hydrogen-bond acceptors (Lipinski definition) is 2. The van der Waals surface area contributed by atoms with E-state index in [9.17, 15) is 9.59 Å². The van der Waals surface area contributed by atoms with Crippen LogP contribution in [-0.4, -0.2) is 36.3 Å². The predicted molar refractivity (Wildman–Crippen MR) is 92.4 cm³/mol. The normalized spacial score (nSPS) is 20.9. The zero-order valence-electron chi connectivity index (χ0n) is 14.7. The van der Waals surface area contributed by atoms with Gasteiger partial charge in [-0.3, -0.25) is 9.59 Å². The fourth-order valence-corrected chi connectivity index (χ4v) is 3.32. The summed E-state index contributed by atoms with van der Waals surface area (Å²) >= 11 is 0. The summed E-state index contributed by atoms with van der Waals surface area (Å²) in [6, 6.07) is 6.04.